The number of benzene rings is 1. The Morgan fingerprint density at radius 1 is 1.02 bits per heavy atom. The van der Waals surface area contributed by atoms with Crippen molar-refractivity contribution in [1.29, 1.82) is 0 Å². The van der Waals surface area contributed by atoms with Gasteiger partial charge in [-0.1, -0.05) is 26.0 Å². The Labute approximate surface area is 250 Å². The maximum Gasteiger partial charge on any atom is 0.326 e. The lowest BCUT2D eigenvalue weighted by Gasteiger charge is -2.28. The van der Waals surface area contributed by atoms with Gasteiger partial charge in [0, 0.05) is 19.5 Å². The number of guanidine groups is 1. The largest absolute Gasteiger partial charge is 0.508 e. The van der Waals surface area contributed by atoms with Crippen LogP contribution in [0.15, 0.2) is 29.3 Å². The summed E-state index contributed by atoms with van der Waals surface area (Å²) in [5.41, 5.74) is 17.2. The van der Waals surface area contributed by atoms with Crippen LogP contribution in [0, 0.1) is 5.92 Å². The molecule has 1 aliphatic heterocycles. The summed E-state index contributed by atoms with van der Waals surface area (Å²) in [6.45, 7) is 5.50. The molecule has 5 unspecified atom stereocenters. The van der Waals surface area contributed by atoms with Crippen LogP contribution in [0.5, 0.6) is 5.75 Å². The van der Waals surface area contributed by atoms with Gasteiger partial charge in [0.05, 0.1) is 6.04 Å². The van der Waals surface area contributed by atoms with E-state index in [0.29, 0.717) is 44.3 Å². The third kappa shape index (κ3) is 10.7. The SMILES string of the molecule is CC(NC(=O)C1CCCN1C(=O)C(N)CCCN=C(N)N)C(=O)NC(C(=O)NC(Cc1ccc(O)cc1)C(=O)O)C(C)C. The van der Waals surface area contributed by atoms with Gasteiger partial charge < -0.3 is 48.3 Å². The predicted octanol–water partition coefficient (Wildman–Crippen LogP) is -1.48. The summed E-state index contributed by atoms with van der Waals surface area (Å²) in [6.07, 6.45) is 1.77. The molecule has 0 spiro atoms. The molecule has 43 heavy (non-hydrogen) atoms. The maximum absolute atomic E-state index is 13.1. The van der Waals surface area contributed by atoms with E-state index >= 15 is 0 Å². The van der Waals surface area contributed by atoms with Gasteiger partial charge in [-0.05, 0) is 56.2 Å². The third-order valence-electron chi connectivity index (χ3n) is 7.11. The van der Waals surface area contributed by atoms with Gasteiger partial charge >= 0.3 is 5.97 Å². The van der Waals surface area contributed by atoms with Crippen LogP contribution < -0.4 is 33.2 Å². The summed E-state index contributed by atoms with van der Waals surface area (Å²) in [5.74, 6) is -3.95. The fourth-order valence-electron chi connectivity index (χ4n) is 4.68. The van der Waals surface area contributed by atoms with E-state index in [-0.39, 0.29) is 24.0 Å². The van der Waals surface area contributed by atoms with Crippen LogP contribution in [0.4, 0.5) is 0 Å². The summed E-state index contributed by atoms with van der Waals surface area (Å²) < 4.78 is 0. The number of hydrogen-bond donors (Lipinski definition) is 8. The maximum atomic E-state index is 13.1. The normalized spacial score (nSPS) is 17.3. The van der Waals surface area contributed by atoms with Crippen molar-refractivity contribution in [2.45, 2.75) is 83.1 Å². The highest BCUT2D eigenvalue weighted by atomic mass is 16.4. The average Bonchev–Trinajstić information content (AvgIpc) is 3.43. The number of nitrogens with one attached hydrogen (secondary N) is 3. The van der Waals surface area contributed by atoms with Gasteiger partial charge in [-0.2, -0.15) is 0 Å². The molecular weight excluding hydrogens is 560 g/mol. The van der Waals surface area contributed by atoms with Crippen molar-refractivity contribution in [3.05, 3.63) is 29.8 Å². The second-order valence-corrected chi connectivity index (χ2v) is 11.0. The smallest absolute Gasteiger partial charge is 0.326 e. The number of likely N-dealkylation sites (tertiary alicyclic amines) is 1. The number of carbonyl (C=O) groups excluding carboxylic acids is 4. The molecule has 1 fully saturated rings. The number of carboxylic acid groups (broad SMARTS) is 1. The van der Waals surface area contributed by atoms with Crippen molar-refractivity contribution >= 4 is 35.6 Å². The number of aliphatic imine (C=N–C) groups is 1. The van der Waals surface area contributed by atoms with Gasteiger partial charge in [0.15, 0.2) is 5.96 Å². The molecule has 0 bridgehead atoms. The van der Waals surface area contributed by atoms with E-state index in [0.717, 1.165) is 0 Å². The molecule has 4 amide bonds. The zero-order chi connectivity index (χ0) is 32.3. The fourth-order valence-corrected chi connectivity index (χ4v) is 4.68. The van der Waals surface area contributed by atoms with Crippen LogP contribution in [0.25, 0.3) is 0 Å². The quantitative estimate of drug-likeness (QED) is 0.0654. The van der Waals surface area contributed by atoms with Crippen LogP contribution in [-0.2, 0) is 30.4 Å². The van der Waals surface area contributed by atoms with E-state index in [9.17, 15) is 34.2 Å². The summed E-state index contributed by atoms with van der Waals surface area (Å²) in [6, 6.07) is 0.858. The van der Waals surface area contributed by atoms with Gasteiger partial charge in [0.1, 0.15) is 29.9 Å². The van der Waals surface area contributed by atoms with Gasteiger partial charge in [-0.25, -0.2) is 4.79 Å². The van der Waals surface area contributed by atoms with Gasteiger partial charge in [-0.15, -0.1) is 0 Å². The van der Waals surface area contributed by atoms with Crippen LogP contribution in [-0.4, -0.2) is 94.0 Å². The minimum absolute atomic E-state index is 0.0234. The van der Waals surface area contributed by atoms with Crippen molar-refractivity contribution in [3.63, 3.8) is 0 Å². The van der Waals surface area contributed by atoms with E-state index < -0.39 is 59.8 Å². The molecule has 2 rings (SSSR count). The monoisotopic (exact) mass is 604 g/mol. The lowest BCUT2D eigenvalue weighted by Crippen LogP contribution is -2.58. The zero-order valence-corrected chi connectivity index (χ0v) is 24.8. The molecular formula is C28H44N8O7. The standard InChI is InChI=1S/C28H44N8O7/c1-15(2)22(25(40)34-20(27(42)43)14-17-8-10-18(37)11-9-17)35-23(38)16(3)33-24(39)21-7-5-13-36(21)26(41)19(29)6-4-12-32-28(30)31/h8-11,15-16,19-22,37H,4-7,12-14,29H2,1-3H3,(H,33,39)(H,34,40)(H,35,38)(H,42,43)(H4,30,31,32). The second-order valence-electron chi connectivity index (χ2n) is 11.0. The molecule has 0 aromatic heterocycles. The number of carboxylic acids is 1. The van der Waals surface area contributed by atoms with E-state index in [4.69, 9.17) is 17.2 Å². The minimum Gasteiger partial charge on any atom is -0.508 e. The average molecular weight is 605 g/mol. The number of carbonyl (C=O) groups is 5. The van der Waals surface area contributed by atoms with Crippen molar-refractivity contribution in [2.24, 2.45) is 28.1 Å². The Kier molecular flexibility index (Phi) is 13.2. The molecule has 238 valence electrons. The molecule has 5 atom stereocenters. The van der Waals surface area contributed by atoms with E-state index in [1.54, 1.807) is 26.0 Å². The molecule has 1 aromatic carbocycles. The van der Waals surface area contributed by atoms with Gasteiger partial charge in [-0.3, -0.25) is 24.2 Å². The molecule has 1 saturated heterocycles. The Morgan fingerprint density at radius 2 is 1.67 bits per heavy atom. The molecule has 15 heteroatoms. The van der Waals surface area contributed by atoms with E-state index in [1.165, 1.54) is 24.0 Å². The first kappa shape index (κ1) is 34.8. The topological polar surface area (TPSA) is 256 Å². The summed E-state index contributed by atoms with van der Waals surface area (Å²) >= 11 is 0. The Hall–Kier alpha value is -4.40. The van der Waals surface area contributed by atoms with Crippen molar-refractivity contribution in [1.82, 2.24) is 20.9 Å². The minimum atomic E-state index is -1.28. The highest BCUT2D eigenvalue weighted by Gasteiger charge is 2.37. The van der Waals surface area contributed by atoms with Crippen LogP contribution >= 0.6 is 0 Å². The highest BCUT2D eigenvalue weighted by molar-refractivity contribution is 5.95. The molecule has 1 aliphatic rings. The number of phenols is 1. The van der Waals surface area contributed by atoms with Crippen LogP contribution in [0.2, 0.25) is 0 Å². The number of rotatable bonds is 15. The van der Waals surface area contributed by atoms with Crippen molar-refractivity contribution < 1.29 is 34.2 Å². The molecule has 0 aliphatic carbocycles. The number of aromatic hydroxyl groups is 1. The summed E-state index contributed by atoms with van der Waals surface area (Å²) in [5, 5.41) is 26.8. The first-order valence-electron chi connectivity index (χ1n) is 14.2. The number of phenolic OH excluding ortho intramolecular Hbond substituents is 1. The first-order chi connectivity index (χ1) is 20.2. The Bertz CT molecular complexity index is 1170. The lowest BCUT2D eigenvalue weighted by atomic mass is 10.0. The zero-order valence-electron chi connectivity index (χ0n) is 24.8. The van der Waals surface area contributed by atoms with Crippen LogP contribution in [0.1, 0.15) is 52.0 Å². The molecule has 15 nitrogen and oxygen atoms in total. The Balaban J connectivity index is 1.97. The number of nitrogens with zero attached hydrogens (tertiary/aromatic N) is 2. The third-order valence-corrected chi connectivity index (χ3v) is 7.11. The van der Waals surface area contributed by atoms with E-state index in [2.05, 4.69) is 20.9 Å². The van der Waals surface area contributed by atoms with Gasteiger partial charge in [0.25, 0.3) is 0 Å². The number of nitrogens with two attached hydrogens (primary N) is 3. The molecule has 0 radical (unpaired) electrons. The molecule has 0 saturated carbocycles. The second kappa shape index (κ2) is 16.3. The van der Waals surface area contributed by atoms with Gasteiger partial charge in [0.2, 0.25) is 23.6 Å². The van der Waals surface area contributed by atoms with Crippen molar-refractivity contribution in [3.8, 4) is 5.75 Å². The summed E-state index contributed by atoms with van der Waals surface area (Å²) in [4.78, 5) is 69.2. The first-order valence-corrected chi connectivity index (χ1v) is 14.2. The molecule has 1 heterocycles. The number of aliphatic carboxylic acids is 1. The van der Waals surface area contributed by atoms with Crippen LogP contribution in [0.3, 0.4) is 0 Å². The van der Waals surface area contributed by atoms with Crippen molar-refractivity contribution in [2.75, 3.05) is 13.1 Å². The number of hydrogen-bond acceptors (Lipinski definition) is 8. The predicted molar refractivity (Wildman–Crippen MR) is 158 cm³/mol. The highest BCUT2D eigenvalue weighted by Crippen LogP contribution is 2.19. The van der Waals surface area contributed by atoms with E-state index in [1.807, 2.05) is 0 Å². The Morgan fingerprint density at radius 3 is 2.26 bits per heavy atom. The summed E-state index contributed by atoms with van der Waals surface area (Å²) in [7, 11) is 0. The lowest BCUT2D eigenvalue weighted by molar-refractivity contribution is -0.142. The number of amides is 4. The fraction of sp³-hybridized carbons (Fsp3) is 0.571. The molecule has 1 aromatic rings. The molecule has 11 N–H and O–H groups in total.